The number of benzene rings is 2. The summed E-state index contributed by atoms with van der Waals surface area (Å²) in [5.41, 5.74) is 3.13. The molecule has 0 radical (unpaired) electrons. The Kier molecular flexibility index (Phi) is 9.02. The van der Waals surface area contributed by atoms with Gasteiger partial charge in [0, 0.05) is 63.8 Å². The molecule has 2 N–H and O–H groups in total. The molecule has 0 unspecified atom stereocenters. The maximum Gasteiger partial charge on any atom is 0.309 e. The largest absolute Gasteiger partial charge is 0.496 e. The molecule has 36 heavy (non-hydrogen) atoms. The van der Waals surface area contributed by atoms with E-state index in [9.17, 15) is 9.59 Å². The Labute approximate surface area is 212 Å². The van der Waals surface area contributed by atoms with Gasteiger partial charge in [-0.15, -0.1) is 0 Å². The lowest BCUT2D eigenvalue weighted by Crippen LogP contribution is -2.50. The molecule has 0 aliphatic carbocycles. The minimum Gasteiger partial charge on any atom is -0.496 e. The molecule has 8 heteroatoms. The van der Waals surface area contributed by atoms with Gasteiger partial charge in [-0.3, -0.25) is 24.4 Å². The first-order valence-corrected chi connectivity index (χ1v) is 12.2. The van der Waals surface area contributed by atoms with Crippen LogP contribution in [0.1, 0.15) is 22.7 Å². The summed E-state index contributed by atoms with van der Waals surface area (Å²) in [4.78, 5) is 34.1. The van der Waals surface area contributed by atoms with E-state index in [0.29, 0.717) is 12.3 Å². The number of carbonyl (C=O) groups is 2. The minimum absolute atomic E-state index is 0.0662. The van der Waals surface area contributed by atoms with Crippen molar-refractivity contribution in [3.05, 3.63) is 95.8 Å². The Bertz CT molecular complexity index is 1120. The van der Waals surface area contributed by atoms with Crippen molar-refractivity contribution in [3.8, 4) is 5.75 Å². The smallest absolute Gasteiger partial charge is 0.309 e. The summed E-state index contributed by atoms with van der Waals surface area (Å²) in [6.07, 6.45) is 3.57. The molecule has 8 nitrogen and oxygen atoms in total. The molecule has 3 aromatic rings. The summed E-state index contributed by atoms with van der Waals surface area (Å²) in [5, 5.41) is 5.51. The van der Waals surface area contributed by atoms with Crippen LogP contribution in [0.2, 0.25) is 0 Å². The van der Waals surface area contributed by atoms with Gasteiger partial charge in [-0.2, -0.15) is 0 Å². The first-order chi connectivity index (χ1) is 17.6. The van der Waals surface area contributed by atoms with Gasteiger partial charge in [0.05, 0.1) is 13.2 Å². The number of methoxy groups -OCH3 is 1. The molecule has 188 valence electrons. The molecular formula is C28H33N5O3. The standard InChI is InChI=1S/C28H33N5O3/c1-36-26-12-6-5-10-24(26)19-30-27(34)28(35)31-20-25(23-11-7-13-29-18-23)33-16-14-32(15-17-33)21-22-8-3-2-4-9-22/h2-13,18,25H,14-17,19-21H2,1H3,(H,30,34)(H,31,35)/t25-/m0/s1. The van der Waals surface area contributed by atoms with Gasteiger partial charge in [0.1, 0.15) is 5.75 Å². The fraction of sp³-hybridized carbons (Fsp3) is 0.321. The van der Waals surface area contributed by atoms with Gasteiger partial charge in [0.2, 0.25) is 0 Å². The molecule has 0 spiro atoms. The molecule has 1 aromatic heterocycles. The predicted molar refractivity (Wildman–Crippen MR) is 138 cm³/mol. The molecule has 0 bridgehead atoms. The highest BCUT2D eigenvalue weighted by atomic mass is 16.5. The van der Waals surface area contributed by atoms with Gasteiger partial charge in [-0.05, 0) is 23.3 Å². The van der Waals surface area contributed by atoms with E-state index in [4.69, 9.17) is 4.74 Å². The van der Waals surface area contributed by atoms with Crippen LogP contribution in [-0.4, -0.2) is 66.4 Å². The first kappa shape index (κ1) is 25.3. The highest BCUT2D eigenvalue weighted by molar-refractivity contribution is 6.35. The van der Waals surface area contributed by atoms with Crippen LogP contribution in [0.4, 0.5) is 0 Å². The van der Waals surface area contributed by atoms with E-state index in [1.807, 2.05) is 48.7 Å². The summed E-state index contributed by atoms with van der Waals surface area (Å²) in [5.74, 6) is -0.652. The second-order valence-electron chi connectivity index (χ2n) is 8.80. The van der Waals surface area contributed by atoms with Crippen molar-refractivity contribution in [2.24, 2.45) is 0 Å². The van der Waals surface area contributed by atoms with Crippen LogP contribution in [0.25, 0.3) is 0 Å². The van der Waals surface area contributed by atoms with E-state index in [1.54, 1.807) is 13.3 Å². The van der Waals surface area contributed by atoms with E-state index >= 15 is 0 Å². The molecule has 1 atom stereocenters. The van der Waals surface area contributed by atoms with Gasteiger partial charge in [0.25, 0.3) is 0 Å². The van der Waals surface area contributed by atoms with Crippen LogP contribution in [0, 0.1) is 0 Å². The summed E-state index contributed by atoms with van der Waals surface area (Å²) < 4.78 is 5.31. The van der Waals surface area contributed by atoms with E-state index in [1.165, 1.54) is 5.56 Å². The average molecular weight is 488 g/mol. The molecule has 4 rings (SSSR count). The van der Waals surface area contributed by atoms with Crippen molar-refractivity contribution in [1.82, 2.24) is 25.4 Å². The van der Waals surface area contributed by atoms with Crippen molar-refractivity contribution in [1.29, 1.82) is 0 Å². The van der Waals surface area contributed by atoms with Gasteiger partial charge in [0.15, 0.2) is 0 Å². The molecule has 2 amide bonds. The van der Waals surface area contributed by atoms with Crippen LogP contribution in [0.15, 0.2) is 79.1 Å². The molecule has 1 aliphatic heterocycles. The van der Waals surface area contributed by atoms with E-state index in [2.05, 4.69) is 49.7 Å². The summed E-state index contributed by atoms with van der Waals surface area (Å²) in [6.45, 7) is 5.05. The molecule has 2 heterocycles. The second kappa shape index (κ2) is 12.8. The summed E-state index contributed by atoms with van der Waals surface area (Å²) in [6, 6.07) is 21.7. The summed E-state index contributed by atoms with van der Waals surface area (Å²) >= 11 is 0. The quantitative estimate of drug-likeness (QED) is 0.451. The number of ether oxygens (including phenoxy) is 1. The number of nitrogens with zero attached hydrogens (tertiary/aromatic N) is 3. The van der Waals surface area contributed by atoms with E-state index in [-0.39, 0.29) is 12.6 Å². The second-order valence-corrected chi connectivity index (χ2v) is 8.80. The zero-order chi connectivity index (χ0) is 25.2. The van der Waals surface area contributed by atoms with Crippen LogP contribution in [0.3, 0.4) is 0 Å². The number of carbonyl (C=O) groups excluding carboxylic acids is 2. The fourth-order valence-corrected chi connectivity index (χ4v) is 4.48. The normalized spacial score (nSPS) is 15.1. The van der Waals surface area contributed by atoms with Crippen LogP contribution in [-0.2, 0) is 22.7 Å². The van der Waals surface area contributed by atoms with Crippen molar-refractivity contribution < 1.29 is 14.3 Å². The highest BCUT2D eigenvalue weighted by Crippen LogP contribution is 2.22. The third kappa shape index (κ3) is 6.90. The number of hydrogen-bond donors (Lipinski definition) is 2. The molecule has 1 aliphatic rings. The van der Waals surface area contributed by atoms with Crippen molar-refractivity contribution in [2.75, 3.05) is 39.8 Å². The Balaban J connectivity index is 1.32. The fourth-order valence-electron chi connectivity index (χ4n) is 4.48. The van der Waals surface area contributed by atoms with Crippen LogP contribution in [0.5, 0.6) is 5.75 Å². The minimum atomic E-state index is -0.668. The molecule has 1 fully saturated rings. The number of rotatable bonds is 9. The number of amides is 2. The zero-order valence-corrected chi connectivity index (χ0v) is 20.6. The molecule has 0 saturated carbocycles. The van der Waals surface area contributed by atoms with E-state index < -0.39 is 11.8 Å². The van der Waals surface area contributed by atoms with Gasteiger partial charge < -0.3 is 15.4 Å². The number of nitrogens with one attached hydrogen (secondary N) is 2. The van der Waals surface area contributed by atoms with Crippen LogP contribution >= 0.6 is 0 Å². The Hall–Kier alpha value is -3.75. The molecule has 1 saturated heterocycles. The lowest BCUT2D eigenvalue weighted by Gasteiger charge is -2.39. The Morgan fingerprint density at radius 2 is 1.64 bits per heavy atom. The number of aromatic nitrogens is 1. The number of para-hydroxylation sites is 1. The predicted octanol–water partition coefficient (Wildman–Crippen LogP) is 2.38. The summed E-state index contributed by atoms with van der Waals surface area (Å²) in [7, 11) is 1.58. The van der Waals surface area contributed by atoms with Gasteiger partial charge >= 0.3 is 11.8 Å². The maximum absolute atomic E-state index is 12.6. The van der Waals surface area contributed by atoms with Crippen molar-refractivity contribution >= 4 is 11.8 Å². The zero-order valence-electron chi connectivity index (χ0n) is 20.6. The number of hydrogen-bond acceptors (Lipinski definition) is 6. The Morgan fingerprint density at radius 1 is 0.917 bits per heavy atom. The highest BCUT2D eigenvalue weighted by Gasteiger charge is 2.26. The number of piperazine rings is 1. The third-order valence-corrected chi connectivity index (χ3v) is 6.46. The van der Waals surface area contributed by atoms with Crippen molar-refractivity contribution in [3.63, 3.8) is 0 Å². The van der Waals surface area contributed by atoms with Crippen molar-refractivity contribution in [2.45, 2.75) is 19.1 Å². The first-order valence-electron chi connectivity index (χ1n) is 12.2. The average Bonchev–Trinajstić information content (AvgIpc) is 2.94. The third-order valence-electron chi connectivity index (χ3n) is 6.46. The number of pyridine rings is 1. The van der Waals surface area contributed by atoms with E-state index in [0.717, 1.165) is 43.9 Å². The lowest BCUT2D eigenvalue weighted by atomic mass is 10.1. The monoisotopic (exact) mass is 487 g/mol. The van der Waals surface area contributed by atoms with Crippen LogP contribution < -0.4 is 15.4 Å². The topological polar surface area (TPSA) is 86.8 Å². The maximum atomic E-state index is 12.6. The molecule has 2 aromatic carbocycles. The lowest BCUT2D eigenvalue weighted by molar-refractivity contribution is -0.139. The van der Waals surface area contributed by atoms with Gasteiger partial charge in [-0.25, -0.2) is 0 Å². The SMILES string of the molecule is COc1ccccc1CNC(=O)C(=O)NC[C@@H](c1cccnc1)N1CCN(Cc2ccccc2)CC1. The Morgan fingerprint density at radius 3 is 2.36 bits per heavy atom. The van der Waals surface area contributed by atoms with Gasteiger partial charge in [-0.1, -0.05) is 54.6 Å². The molecular weight excluding hydrogens is 454 g/mol.